The van der Waals surface area contributed by atoms with Crippen LogP contribution in [-0.4, -0.2) is 22.3 Å². The number of aryl methyl sites for hydroxylation is 1. The molecule has 0 fully saturated rings. The number of nitrogens with zero attached hydrogens (tertiary/aromatic N) is 2. The molecule has 0 bridgehead atoms. The molecule has 0 aliphatic carbocycles. The summed E-state index contributed by atoms with van der Waals surface area (Å²) in [6.07, 6.45) is 0.720. The normalized spacial score (nSPS) is 15.9. The van der Waals surface area contributed by atoms with Gasteiger partial charge in [0.2, 0.25) is 0 Å². The third-order valence-corrected chi connectivity index (χ3v) is 5.56. The van der Waals surface area contributed by atoms with E-state index < -0.39 is 0 Å². The van der Waals surface area contributed by atoms with Crippen LogP contribution in [0, 0.1) is 6.92 Å². The third kappa shape index (κ3) is 3.73. The van der Waals surface area contributed by atoms with Gasteiger partial charge in [0.15, 0.2) is 0 Å². The molecule has 3 aromatic rings. The van der Waals surface area contributed by atoms with Gasteiger partial charge >= 0.3 is 0 Å². The van der Waals surface area contributed by atoms with Crippen molar-refractivity contribution in [1.29, 1.82) is 0 Å². The number of hydrogen-bond donors (Lipinski definition) is 1. The topological polar surface area (TPSA) is 54.5 Å². The molecule has 0 saturated heterocycles. The van der Waals surface area contributed by atoms with Gasteiger partial charge in [-0.3, -0.25) is 4.79 Å². The number of anilines is 1. The molecule has 1 aromatic heterocycles. The second-order valence-corrected chi connectivity index (χ2v) is 7.87. The van der Waals surface area contributed by atoms with Crippen LogP contribution in [0.4, 0.5) is 5.69 Å². The lowest BCUT2D eigenvalue weighted by molar-refractivity contribution is 0.0683. The first-order valence-corrected chi connectivity index (χ1v) is 10.3. The fraction of sp³-hybridized carbons (Fsp3) is 0.273. The molecule has 1 aliphatic heterocycles. The molecule has 5 nitrogen and oxygen atoms in total. The Morgan fingerprint density at radius 1 is 1.18 bits per heavy atom. The second-order valence-electron chi connectivity index (χ2n) is 6.81. The van der Waals surface area contributed by atoms with Crippen molar-refractivity contribution in [2.45, 2.75) is 33.0 Å². The molecule has 1 N–H and O–H groups in total. The van der Waals surface area contributed by atoms with Gasteiger partial charge < -0.3 is 15.0 Å². The fourth-order valence-electron chi connectivity index (χ4n) is 3.41. The number of aromatic nitrogens is 1. The highest BCUT2D eigenvalue weighted by atomic mass is 32.1. The van der Waals surface area contributed by atoms with Crippen LogP contribution in [0.3, 0.4) is 0 Å². The molecule has 0 spiro atoms. The maximum Gasteiger partial charge on any atom is 0.257 e. The van der Waals surface area contributed by atoms with E-state index in [9.17, 15) is 4.79 Å². The summed E-state index contributed by atoms with van der Waals surface area (Å²) >= 11 is 1.62. The molecule has 1 amide bonds. The highest BCUT2D eigenvalue weighted by Gasteiger charge is 2.32. The van der Waals surface area contributed by atoms with Gasteiger partial charge in [0, 0.05) is 17.6 Å². The molecule has 2 heterocycles. The highest BCUT2D eigenvalue weighted by molar-refractivity contribution is 7.09. The van der Waals surface area contributed by atoms with Crippen LogP contribution < -0.4 is 10.1 Å². The number of benzene rings is 2. The van der Waals surface area contributed by atoms with Crippen molar-refractivity contribution < 1.29 is 9.53 Å². The average molecular weight is 394 g/mol. The van der Waals surface area contributed by atoms with Gasteiger partial charge in [0.1, 0.15) is 18.5 Å². The van der Waals surface area contributed by atoms with E-state index in [2.05, 4.69) is 17.2 Å². The molecule has 0 saturated carbocycles. The van der Waals surface area contributed by atoms with Gasteiger partial charge in [-0.25, -0.2) is 4.98 Å². The monoisotopic (exact) mass is 393 g/mol. The summed E-state index contributed by atoms with van der Waals surface area (Å²) in [6, 6.07) is 15.6. The van der Waals surface area contributed by atoms with Gasteiger partial charge in [-0.2, -0.15) is 0 Å². The van der Waals surface area contributed by atoms with Crippen molar-refractivity contribution in [3.05, 3.63) is 75.7 Å². The number of rotatable bonds is 6. The summed E-state index contributed by atoms with van der Waals surface area (Å²) in [7, 11) is 0. The molecule has 4 rings (SSSR count). The molecule has 144 valence electrons. The molecule has 2 aromatic carbocycles. The summed E-state index contributed by atoms with van der Waals surface area (Å²) in [4.78, 5) is 19.3. The Balaban J connectivity index is 1.52. The number of fused-ring (bicyclic) bond motifs is 1. The number of hydrogen-bond acceptors (Lipinski definition) is 5. The first-order chi connectivity index (χ1) is 13.7. The molecule has 1 atom stereocenters. The van der Waals surface area contributed by atoms with E-state index in [1.165, 1.54) is 0 Å². The van der Waals surface area contributed by atoms with E-state index >= 15 is 0 Å². The smallest absolute Gasteiger partial charge is 0.257 e. The lowest BCUT2D eigenvalue weighted by atomic mass is 10.0. The maximum atomic E-state index is 13.0. The molecule has 0 unspecified atom stereocenters. The van der Waals surface area contributed by atoms with E-state index in [-0.39, 0.29) is 12.1 Å². The van der Waals surface area contributed by atoms with Crippen LogP contribution in [0.25, 0.3) is 0 Å². The largest absolute Gasteiger partial charge is 0.487 e. The summed E-state index contributed by atoms with van der Waals surface area (Å²) in [5.41, 5.74) is 3.58. The summed E-state index contributed by atoms with van der Waals surface area (Å²) in [5.74, 6) is 0.861. The lowest BCUT2D eigenvalue weighted by Crippen LogP contribution is -2.43. The first kappa shape index (κ1) is 18.5. The Hall–Kier alpha value is -2.86. The molecule has 6 heteroatoms. The summed E-state index contributed by atoms with van der Waals surface area (Å²) in [6.45, 7) is 5.23. The molecular formula is C22H23N3O2S. The van der Waals surface area contributed by atoms with Crippen molar-refractivity contribution in [2.24, 2.45) is 0 Å². The predicted molar refractivity (Wildman–Crippen MR) is 112 cm³/mol. The SMILES string of the molecule is CCCN1C(=O)c2ccccc2N[C@H]1c1ccc(OCc2csc(C)n2)cc1. The van der Waals surface area contributed by atoms with E-state index in [0.717, 1.165) is 39.7 Å². The van der Waals surface area contributed by atoms with E-state index in [1.54, 1.807) is 11.3 Å². The van der Waals surface area contributed by atoms with Crippen molar-refractivity contribution in [3.63, 3.8) is 0 Å². The summed E-state index contributed by atoms with van der Waals surface area (Å²) < 4.78 is 5.84. The minimum Gasteiger partial charge on any atom is -0.487 e. The van der Waals surface area contributed by atoms with Gasteiger partial charge in [-0.1, -0.05) is 31.2 Å². The zero-order valence-corrected chi connectivity index (χ0v) is 16.8. The number of ether oxygens (including phenoxy) is 1. The molecule has 28 heavy (non-hydrogen) atoms. The first-order valence-electron chi connectivity index (χ1n) is 9.46. The van der Waals surface area contributed by atoms with Crippen LogP contribution in [0.5, 0.6) is 5.75 Å². The number of carbonyl (C=O) groups excluding carboxylic acids is 1. The number of amides is 1. The van der Waals surface area contributed by atoms with E-state index in [1.807, 2.05) is 65.7 Å². The Kier molecular flexibility index (Phi) is 5.30. The fourth-order valence-corrected chi connectivity index (χ4v) is 4.00. The predicted octanol–water partition coefficient (Wildman–Crippen LogP) is 5.01. The second kappa shape index (κ2) is 8.02. The van der Waals surface area contributed by atoms with Crippen molar-refractivity contribution in [1.82, 2.24) is 9.88 Å². The zero-order valence-electron chi connectivity index (χ0n) is 16.0. The van der Waals surface area contributed by atoms with Crippen LogP contribution in [0.2, 0.25) is 0 Å². The zero-order chi connectivity index (χ0) is 19.5. The van der Waals surface area contributed by atoms with Gasteiger partial charge in [-0.05, 0) is 43.2 Å². The number of nitrogens with one attached hydrogen (secondary N) is 1. The van der Waals surface area contributed by atoms with Gasteiger partial charge in [0.25, 0.3) is 5.91 Å². The Morgan fingerprint density at radius 3 is 2.68 bits per heavy atom. The minimum absolute atomic E-state index is 0.0698. The minimum atomic E-state index is -0.183. The quantitative estimate of drug-likeness (QED) is 0.640. The number of carbonyl (C=O) groups is 1. The lowest BCUT2D eigenvalue weighted by Gasteiger charge is -2.38. The van der Waals surface area contributed by atoms with Crippen LogP contribution in [0.15, 0.2) is 53.9 Å². The highest BCUT2D eigenvalue weighted by Crippen LogP contribution is 2.33. The van der Waals surface area contributed by atoms with Crippen molar-refractivity contribution >= 4 is 22.9 Å². The van der Waals surface area contributed by atoms with Crippen LogP contribution in [0.1, 0.15) is 46.1 Å². The Morgan fingerprint density at radius 2 is 1.96 bits per heavy atom. The van der Waals surface area contributed by atoms with Gasteiger partial charge in [0.05, 0.1) is 16.3 Å². The molecular weight excluding hydrogens is 370 g/mol. The number of thiazole rings is 1. The Bertz CT molecular complexity index is 968. The van der Waals surface area contributed by atoms with Crippen molar-refractivity contribution in [2.75, 3.05) is 11.9 Å². The maximum absolute atomic E-state index is 13.0. The summed E-state index contributed by atoms with van der Waals surface area (Å²) in [5, 5.41) is 6.57. The average Bonchev–Trinajstić information content (AvgIpc) is 3.14. The Labute approximate surface area is 169 Å². The number of para-hydroxylation sites is 1. The molecule has 1 aliphatic rings. The van der Waals surface area contributed by atoms with Crippen LogP contribution in [-0.2, 0) is 6.61 Å². The van der Waals surface area contributed by atoms with Gasteiger partial charge in [-0.15, -0.1) is 11.3 Å². The van der Waals surface area contributed by atoms with Crippen LogP contribution >= 0.6 is 11.3 Å². The van der Waals surface area contributed by atoms with Crippen molar-refractivity contribution in [3.8, 4) is 5.75 Å². The molecule has 0 radical (unpaired) electrons. The van der Waals surface area contributed by atoms with E-state index in [4.69, 9.17) is 4.74 Å². The van der Waals surface area contributed by atoms with E-state index in [0.29, 0.717) is 13.2 Å². The third-order valence-electron chi connectivity index (χ3n) is 4.74. The standard InChI is InChI=1S/C22H23N3O2S/c1-3-12-25-21(24-20-7-5-4-6-19(20)22(25)26)16-8-10-18(11-9-16)27-13-17-14-28-15(2)23-17/h4-11,14,21,24H,3,12-13H2,1-2H3/t21-/m1/s1.